The van der Waals surface area contributed by atoms with Gasteiger partial charge in [0.2, 0.25) is 5.91 Å². The minimum atomic E-state index is -0.209. The fourth-order valence-electron chi connectivity index (χ4n) is 2.22. The molecule has 3 rings (SSSR count). The van der Waals surface area contributed by atoms with Crippen LogP contribution >= 0.6 is 23.4 Å². The molecule has 0 saturated heterocycles. The number of carbonyl (C=O) groups excluding carboxylic acids is 1. The summed E-state index contributed by atoms with van der Waals surface area (Å²) < 4.78 is 1.83. The van der Waals surface area contributed by atoms with Crippen LogP contribution in [0.4, 0.5) is 5.69 Å². The van der Waals surface area contributed by atoms with Gasteiger partial charge in [0.15, 0.2) is 5.16 Å². The zero-order valence-corrected chi connectivity index (χ0v) is 15.4. The van der Waals surface area contributed by atoms with E-state index in [2.05, 4.69) is 15.5 Å². The molecule has 0 bridgehead atoms. The molecule has 0 saturated carbocycles. The van der Waals surface area contributed by atoms with Gasteiger partial charge in [0.25, 0.3) is 0 Å². The van der Waals surface area contributed by atoms with Crippen LogP contribution in [0.5, 0.6) is 0 Å². The van der Waals surface area contributed by atoms with Crippen molar-refractivity contribution in [3.05, 3.63) is 64.9 Å². The highest BCUT2D eigenvalue weighted by molar-refractivity contribution is 7.99. The Kier molecular flexibility index (Phi) is 5.56. The summed E-state index contributed by atoms with van der Waals surface area (Å²) in [7, 11) is 0. The van der Waals surface area contributed by atoms with Gasteiger partial charge in [-0.2, -0.15) is 5.26 Å². The molecular formula is C18H14ClN5OS. The second kappa shape index (κ2) is 8.04. The molecule has 6 nitrogen and oxygen atoms in total. The molecule has 1 aromatic heterocycles. The molecule has 0 aliphatic heterocycles. The van der Waals surface area contributed by atoms with Crippen molar-refractivity contribution in [3.63, 3.8) is 0 Å². The Hall–Kier alpha value is -2.82. The Morgan fingerprint density at radius 3 is 2.81 bits per heavy atom. The molecule has 8 heteroatoms. The number of anilines is 1. The maximum Gasteiger partial charge on any atom is 0.234 e. The van der Waals surface area contributed by atoms with Crippen LogP contribution < -0.4 is 5.32 Å². The molecule has 0 aliphatic rings. The molecule has 1 amide bonds. The van der Waals surface area contributed by atoms with Crippen LogP contribution in [0.3, 0.4) is 0 Å². The predicted octanol–water partition coefficient (Wildman–Crippen LogP) is 3.83. The van der Waals surface area contributed by atoms with Crippen LogP contribution in [0.2, 0.25) is 5.02 Å². The van der Waals surface area contributed by atoms with Gasteiger partial charge in [-0.1, -0.05) is 41.1 Å². The normalized spacial score (nSPS) is 10.3. The largest absolute Gasteiger partial charge is 0.325 e. The third-order valence-electron chi connectivity index (χ3n) is 3.53. The van der Waals surface area contributed by atoms with E-state index in [0.29, 0.717) is 21.4 Å². The van der Waals surface area contributed by atoms with Crippen molar-refractivity contribution < 1.29 is 4.79 Å². The Morgan fingerprint density at radius 1 is 1.31 bits per heavy atom. The average Bonchev–Trinajstić information content (AvgIpc) is 3.11. The molecule has 0 radical (unpaired) electrons. The van der Waals surface area contributed by atoms with Gasteiger partial charge in [-0.25, -0.2) is 0 Å². The van der Waals surface area contributed by atoms with Crippen molar-refractivity contribution >= 4 is 35.0 Å². The molecule has 26 heavy (non-hydrogen) atoms. The van der Waals surface area contributed by atoms with Crippen LogP contribution in [-0.4, -0.2) is 26.4 Å². The molecule has 3 aromatic rings. The zero-order chi connectivity index (χ0) is 18.5. The minimum absolute atomic E-state index is 0.162. The summed E-state index contributed by atoms with van der Waals surface area (Å²) in [4.78, 5) is 12.2. The van der Waals surface area contributed by atoms with E-state index in [-0.39, 0.29) is 11.7 Å². The Bertz CT molecular complexity index is 978. The van der Waals surface area contributed by atoms with Crippen molar-refractivity contribution in [2.45, 2.75) is 12.1 Å². The number of aromatic nitrogens is 3. The number of carbonyl (C=O) groups is 1. The van der Waals surface area contributed by atoms with Gasteiger partial charge in [-0.3, -0.25) is 9.36 Å². The summed E-state index contributed by atoms with van der Waals surface area (Å²) in [6.45, 7) is 2.02. The first-order valence-corrected chi connectivity index (χ1v) is 9.02. The van der Waals surface area contributed by atoms with E-state index in [9.17, 15) is 4.79 Å². The monoisotopic (exact) mass is 383 g/mol. The van der Waals surface area contributed by atoms with Crippen LogP contribution in [0, 0.1) is 18.3 Å². The van der Waals surface area contributed by atoms with Crippen LogP contribution in [0.1, 0.15) is 11.1 Å². The van der Waals surface area contributed by atoms with E-state index in [1.165, 1.54) is 11.8 Å². The lowest BCUT2D eigenvalue weighted by atomic mass is 10.2. The number of nitrogens with zero attached hydrogens (tertiary/aromatic N) is 4. The summed E-state index contributed by atoms with van der Waals surface area (Å²) in [5.41, 5.74) is 2.93. The third kappa shape index (κ3) is 4.23. The molecule has 0 unspecified atom stereocenters. The SMILES string of the molecule is Cc1ccc(-n2cnnc2SCC(=O)Nc2ccc(Cl)c(C#N)c2)cc1. The molecule has 0 aliphatic carbocycles. The molecule has 2 aromatic carbocycles. The van der Waals surface area contributed by atoms with E-state index < -0.39 is 0 Å². The number of rotatable bonds is 5. The van der Waals surface area contributed by atoms with Crippen molar-refractivity contribution in [2.24, 2.45) is 0 Å². The predicted molar refractivity (Wildman–Crippen MR) is 102 cm³/mol. The summed E-state index contributed by atoms with van der Waals surface area (Å²) in [5.74, 6) is -0.0469. The Labute approximate surface area is 159 Å². The van der Waals surface area contributed by atoms with Gasteiger partial charge >= 0.3 is 0 Å². The number of nitrogens with one attached hydrogen (secondary N) is 1. The van der Waals surface area contributed by atoms with E-state index in [4.69, 9.17) is 16.9 Å². The number of hydrogen-bond acceptors (Lipinski definition) is 5. The molecular weight excluding hydrogens is 370 g/mol. The van der Waals surface area contributed by atoms with E-state index in [0.717, 1.165) is 11.3 Å². The van der Waals surface area contributed by atoms with E-state index in [1.54, 1.807) is 24.5 Å². The molecule has 0 atom stereocenters. The van der Waals surface area contributed by atoms with Gasteiger partial charge in [-0.15, -0.1) is 10.2 Å². The zero-order valence-electron chi connectivity index (χ0n) is 13.8. The fourth-order valence-corrected chi connectivity index (χ4v) is 3.11. The van der Waals surface area contributed by atoms with Crippen molar-refractivity contribution in [1.82, 2.24) is 14.8 Å². The maximum absolute atomic E-state index is 12.2. The Morgan fingerprint density at radius 2 is 2.08 bits per heavy atom. The standard InChI is InChI=1S/C18H14ClN5OS/c1-12-2-5-15(6-3-12)24-11-21-23-18(24)26-10-17(25)22-14-4-7-16(19)13(8-14)9-20/h2-8,11H,10H2,1H3,(H,22,25). The second-order valence-corrected chi connectivity index (χ2v) is 6.81. The van der Waals surface area contributed by atoms with Gasteiger partial charge in [0, 0.05) is 11.4 Å². The van der Waals surface area contributed by atoms with Crippen LogP contribution in [0.15, 0.2) is 53.9 Å². The van der Waals surface area contributed by atoms with Crippen molar-refractivity contribution in [2.75, 3.05) is 11.1 Å². The van der Waals surface area contributed by atoms with Crippen LogP contribution in [0.25, 0.3) is 5.69 Å². The quantitative estimate of drug-likeness (QED) is 0.677. The van der Waals surface area contributed by atoms with Gasteiger partial charge in [0.1, 0.15) is 12.4 Å². The highest BCUT2D eigenvalue weighted by atomic mass is 35.5. The summed E-state index contributed by atoms with van der Waals surface area (Å²) in [6.07, 6.45) is 1.61. The summed E-state index contributed by atoms with van der Waals surface area (Å²) >= 11 is 7.17. The first kappa shape index (κ1) is 18.0. The van der Waals surface area contributed by atoms with Gasteiger partial charge in [0.05, 0.1) is 16.3 Å². The van der Waals surface area contributed by atoms with E-state index >= 15 is 0 Å². The molecule has 130 valence electrons. The first-order valence-electron chi connectivity index (χ1n) is 7.66. The summed E-state index contributed by atoms with van der Waals surface area (Å²) in [5, 5.41) is 20.7. The van der Waals surface area contributed by atoms with Gasteiger partial charge < -0.3 is 5.32 Å². The first-order chi connectivity index (χ1) is 12.6. The van der Waals surface area contributed by atoms with Gasteiger partial charge in [-0.05, 0) is 37.3 Å². The molecule has 0 spiro atoms. The number of amides is 1. The number of thioether (sulfide) groups is 1. The maximum atomic E-state index is 12.2. The lowest BCUT2D eigenvalue weighted by Crippen LogP contribution is -2.14. The lowest BCUT2D eigenvalue weighted by molar-refractivity contribution is -0.113. The van der Waals surface area contributed by atoms with Crippen molar-refractivity contribution in [3.8, 4) is 11.8 Å². The van der Waals surface area contributed by atoms with Crippen molar-refractivity contribution in [1.29, 1.82) is 5.26 Å². The number of halogens is 1. The second-order valence-electron chi connectivity index (χ2n) is 5.46. The third-order valence-corrected chi connectivity index (χ3v) is 4.80. The number of aryl methyl sites for hydroxylation is 1. The minimum Gasteiger partial charge on any atom is -0.325 e. The lowest BCUT2D eigenvalue weighted by Gasteiger charge is -2.08. The highest BCUT2D eigenvalue weighted by Crippen LogP contribution is 2.22. The Balaban J connectivity index is 1.65. The van der Waals surface area contributed by atoms with E-state index in [1.807, 2.05) is 41.8 Å². The number of nitriles is 1. The summed E-state index contributed by atoms with van der Waals surface area (Å²) in [6, 6.07) is 14.7. The molecule has 0 fully saturated rings. The smallest absolute Gasteiger partial charge is 0.234 e. The van der Waals surface area contributed by atoms with Crippen LogP contribution in [-0.2, 0) is 4.79 Å². The molecule has 1 heterocycles. The highest BCUT2D eigenvalue weighted by Gasteiger charge is 2.11. The molecule has 1 N–H and O–H groups in total. The fraction of sp³-hybridized carbons (Fsp3) is 0.111. The average molecular weight is 384 g/mol. The topological polar surface area (TPSA) is 83.6 Å². The number of hydrogen-bond donors (Lipinski definition) is 1. The number of benzene rings is 2.